The van der Waals surface area contributed by atoms with E-state index in [0.29, 0.717) is 45.0 Å². The van der Waals surface area contributed by atoms with Crippen molar-refractivity contribution in [1.29, 1.82) is 0 Å². The van der Waals surface area contributed by atoms with Gasteiger partial charge in [0.2, 0.25) is 11.8 Å². The molecule has 1 N–H and O–H groups in total. The van der Waals surface area contributed by atoms with Gasteiger partial charge < -0.3 is 15.0 Å². The minimum absolute atomic E-state index is 0.0537. The van der Waals surface area contributed by atoms with Crippen molar-refractivity contribution in [3.8, 4) is 0 Å². The number of likely N-dealkylation sites (tertiary alicyclic amines) is 1. The summed E-state index contributed by atoms with van der Waals surface area (Å²) in [6.07, 6.45) is 1.57. The SMILES string of the molecule is Cc1ccc(CNC(=O)CN2CCC(C(=O)N3CCOCC3)CC2)cc1F. The molecule has 2 amide bonds. The molecule has 27 heavy (non-hydrogen) atoms. The number of piperidine rings is 1. The van der Waals surface area contributed by atoms with Crippen LogP contribution in [0.1, 0.15) is 24.0 Å². The molecule has 0 bridgehead atoms. The smallest absolute Gasteiger partial charge is 0.234 e. The van der Waals surface area contributed by atoms with Gasteiger partial charge in [-0.3, -0.25) is 14.5 Å². The van der Waals surface area contributed by atoms with E-state index in [1.165, 1.54) is 6.07 Å². The van der Waals surface area contributed by atoms with E-state index in [4.69, 9.17) is 4.74 Å². The number of carbonyl (C=O) groups excluding carboxylic acids is 2. The number of benzene rings is 1. The fourth-order valence-electron chi connectivity index (χ4n) is 3.59. The average Bonchev–Trinajstić information content (AvgIpc) is 2.69. The molecule has 2 fully saturated rings. The molecule has 2 saturated heterocycles. The number of ether oxygens (including phenoxy) is 1. The zero-order valence-electron chi connectivity index (χ0n) is 15.9. The number of nitrogens with one attached hydrogen (secondary N) is 1. The van der Waals surface area contributed by atoms with Crippen LogP contribution in [0.2, 0.25) is 0 Å². The number of amides is 2. The second kappa shape index (κ2) is 9.28. The third-order valence-electron chi connectivity index (χ3n) is 5.35. The number of rotatable bonds is 5. The number of carbonyl (C=O) groups is 2. The van der Waals surface area contributed by atoms with Crippen LogP contribution in [0.3, 0.4) is 0 Å². The van der Waals surface area contributed by atoms with E-state index in [1.807, 2.05) is 11.0 Å². The van der Waals surface area contributed by atoms with E-state index in [0.717, 1.165) is 31.5 Å². The Balaban J connectivity index is 1.38. The van der Waals surface area contributed by atoms with E-state index in [-0.39, 0.29) is 23.5 Å². The Bertz CT molecular complexity index is 668. The second-order valence-corrected chi connectivity index (χ2v) is 7.35. The normalized spacial score (nSPS) is 19.1. The Labute approximate surface area is 159 Å². The summed E-state index contributed by atoms with van der Waals surface area (Å²) < 4.78 is 18.9. The summed E-state index contributed by atoms with van der Waals surface area (Å²) in [5.41, 5.74) is 1.35. The molecule has 3 rings (SSSR count). The Hall–Kier alpha value is -1.99. The Morgan fingerprint density at radius 1 is 1.19 bits per heavy atom. The van der Waals surface area contributed by atoms with E-state index in [1.54, 1.807) is 13.0 Å². The lowest BCUT2D eigenvalue weighted by atomic mass is 9.95. The summed E-state index contributed by atoms with van der Waals surface area (Å²) >= 11 is 0. The van der Waals surface area contributed by atoms with Gasteiger partial charge >= 0.3 is 0 Å². The highest BCUT2D eigenvalue weighted by Gasteiger charge is 2.29. The quantitative estimate of drug-likeness (QED) is 0.841. The molecule has 2 heterocycles. The first kappa shape index (κ1) is 19.8. The summed E-state index contributed by atoms with van der Waals surface area (Å²) in [5.74, 6) is -0.0514. The standard InChI is InChI=1S/C20H28FN3O3/c1-15-2-3-16(12-18(15)21)13-22-19(25)14-23-6-4-17(5-7-23)20(26)24-8-10-27-11-9-24/h2-3,12,17H,4-11,13-14H2,1H3,(H,22,25). The fraction of sp³-hybridized carbons (Fsp3) is 0.600. The number of aryl methyl sites for hydroxylation is 1. The van der Waals surface area contributed by atoms with Gasteiger partial charge in [0.25, 0.3) is 0 Å². The minimum atomic E-state index is -0.256. The van der Waals surface area contributed by atoms with Crippen molar-refractivity contribution in [3.63, 3.8) is 0 Å². The molecule has 2 aliphatic heterocycles. The highest BCUT2D eigenvalue weighted by molar-refractivity contribution is 5.79. The topological polar surface area (TPSA) is 61.9 Å². The summed E-state index contributed by atoms with van der Waals surface area (Å²) in [5, 5.41) is 2.84. The van der Waals surface area contributed by atoms with Crippen molar-refractivity contribution in [1.82, 2.24) is 15.1 Å². The molecule has 0 unspecified atom stereocenters. The van der Waals surface area contributed by atoms with Gasteiger partial charge in [-0.15, -0.1) is 0 Å². The molecular weight excluding hydrogens is 349 g/mol. The van der Waals surface area contributed by atoms with Crippen LogP contribution in [0.15, 0.2) is 18.2 Å². The molecule has 6 nitrogen and oxygen atoms in total. The van der Waals surface area contributed by atoms with Gasteiger partial charge in [-0.05, 0) is 50.0 Å². The van der Waals surface area contributed by atoms with Crippen molar-refractivity contribution in [2.24, 2.45) is 5.92 Å². The van der Waals surface area contributed by atoms with Crippen molar-refractivity contribution in [3.05, 3.63) is 35.1 Å². The maximum atomic E-state index is 13.6. The van der Waals surface area contributed by atoms with Crippen LogP contribution < -0.4 is 5.32 Å². The lowest BCUT2D eigenvalue weighted by Crippen LogP contribution is -2.48. The van der Waals surface area contributed by atoms with Crippen molar-refractivity contribution >= 4 is 11.8 Å². The van der Waals surface area contributed by atoms with Crippen LogP contribution in [0, 0.1) is 18.7 Å². The van der Waals surface area contributed by atoms with Gasteiger partial charge in [0.1, 0.15) is 5.82 Å². The van der Waals surface area contributed by atoms with Gasteiger partial charge in [0.05, 0.1) is 19.8 Å². The van der Waals surface area contributed by atoms with Gasteiger partial charge in [-0.1, -0.05) is 12.1 Å². The molecular formula is C20H28FN3O3. The molecule has 148 valence electrons. The lowest BCUT2D eigenvalue weighted by molar-refractivity contribution is -0.141. The minimum Gasteiger partial charge on any atom is -0.378 e. The maximum absolute atomic E-state index is 13.6. The van der Waals surface area contributed by atoms with Gasteiger partial charge in [-0.2, -0.15) is 0 Å². The van der Waals surface area contributed by atoms with Crippen LogP contribution in [-0.4, -0.2) is 67.6 Å². The first-order valence-corrected chi connectivity index (χ1v) is 9.63. The molecule has 0 radical (unpaired) electrons. The second-order valence-electron chi connectivity index (χ2n) is 7.35. The molecule has 2 aliphatic rings. The predicted octanol–water partition coefficient (Wildman–Crippen LogP) is 1.32. The molecule has 1 aromatic carbocycles. The molecule has 7 heteroatoms. The third kappa shape index (κ3) is 5.49. The van der Waals surface area contributed by atoms with Crippen LogP contribution >= 0.6 is 0 Å². The Morgan fingerprint density at radius 3 is 2.56 bits per heavy atom. The lowest BCUT2D eigenvalue weighted by Gasteiger charge is -2.35. The molecule has 0 atom stereocenters. The molecule has 1 aromatic rings. The van der Waals surface area contributed by atoms with Crippen LogP contribution in [0.4, 0.5) is 4.39 Å². The highest BCUT2D eigenvalue weighted by atomic mass is 19.1. The van der Waals surface area contributed by atoms with Crippen molar-refractivity contribution in [2.75, 3.05) is 45.9 Å². The summed E-state index contributed by atoms with van der Waals surface area (Å²) in [6.45, 7) is 6.44. The largest absolute Gasteiger partial charge is 0.378 e. The number of nitrogens with zero attached hydrogens (tertiary/aromatic N) is 2. The number of morpholine rings is 1. The Kier molecular flexibility index (Phi) is 6.79. The van der Waals surface area contributed by atoms with E-state index < -0.39 is 0 Å². The van der Waals surface area contributed by atoms with Crippen molar-refractivity contribution in [2.45, 2.75) is 26.3 Å². The number of hydrogen-bond donors (Lipinski definition) is 1. The average molecular weight is 377 g/mol. The third-order valence-corrected chi connectivity index (χ3v) is 5.35. The molecule has 0 aromatic heterocycles. The van der Waals surface area contributed by atoms with Gasteiger partial charge in [-0.25, -0.2) is 4.39 Å². The fourth-order valence-corrected chi connectivity index (χ4v) is 3.59. The summed E-state index contributed by atoms with van der Waals surface area (Å²) in [7, 11) is 0. The van der Waals surface area contributed by atoms with Crippen LogP contribution in [0.25, 0.3) is 0 Å². The molecule has 0 spiro atoms. The molecule has 0 aliphatic carbocycles. The van der Waals surface area contributed by atoms with E-state index in [2.05, 4.69) is 10.2 Å². The zero-order chi connectivity index (χ0) is 19.2. The van der Waals surface area contributed by atoms with E-state index in [9.17, 15) is 14.0 Å². The summed E-state index contributed by atoms with van der Waals surface area (Å²) in [4.78, 5) is 28.7. The highest BCUT2D eigenvalue weighted by Crippen LogP contribution is 2.20. The monoisotopic (exact) mass is 377 g/mol. The van der Waals surface area contributed by atoms with E-state index >= 15 is 0 Å². The molecule has 0 saturated carbocycles. The van der Waals surface area contributed by atoms with Crippen molar-refractivity contribution < 1.29 is 18.7 Å². The first-order chi connectivity index (χ1) is 13.0. The Morgan fingerprint density at radius 2 is 1.89 bits per heavy atom. The first-order valence-electron chi connectivity index (χ1n) is 9.63. The van der Waals surface area contributed by atoms with Crippen LogP contribution in [-0.2, 0) is 20.9 Å². The predicted molar refractivity (Wildman–Crippen MR) is 99.5 cm³/mol. The summed E-state index contributed by atoms with van der Waals surface area (Å²) in [6, 6.07) is 4.99. The van der Waals surface area contributed by atoms with Gasteiger partial charge in [0, 0.05) is 25.6 Å². The number of hydrogen-bond acceptors (Lipinski definition) is 4. The zero-order valence-corrected chi connectivity index (χ0v) is 15.9. The van der Waals surface area contributed by atoms with Gasteiger partial charge in [0.15, 0.2) is 0 Å². The number of halogens is 1. The van der Waals surface area contributed by atoms with Crippen LogP contribution in [0.5, 0.6) is 0 Å². The maximum Gasteiger partial charge on any atom is 0.234 e.